The Labute approximate surface area is 144 Å². The number of hydrazine groups is 1. The van der Waals surface area contributed by atoms with E-state index in [4.69, 9.17) is 21.1 Å². The Balaban J connectivity index is 1.79. The minimum absolute atomic E-state index is 0.235. The molecule has 7 heteroatoms. The smallest absolute Gasteiger partial charge is 0.276 e. The Hall–Kier alpha value is -2.73. The average molecular weight is 349 g/mol. The third-order valence-electron chi connectivity index (χ3n) is 2.91. The number of hydrogen-bond donors (Lipinski definition) is 2. The van der Waals surface area contributed by atoms with Crippen molar-refractivity contribution in [3.05, 3.63) is 59.1 Å². The highest BCUT2D eigenvalue weighted by atomic mass is 35.5. The molecule has 2 amide bonds. The molecule has 0 saturated carbocycles. The number of halogens is 1. The number of benzene rings is 2. The van der Waals surface area contributed by atoms with Gasteiger partial charge in [0.1, 0.15) is 11.5 Å². The molecule has 0 aromatic heterocycles. The molecule has 24 heavy (non-hydrogen) atoms. The van der Waals surface area contributed by atoms with Gasteiger partial charge < -0.3 is 9.47 Å². The molecule has 2 N–H and O–H groups in total. The summed E-state index contributed by atoms with van der Waals surface area (Å²) in [5.41, 5.74) is 4.98. The molecular weight excluding hydrogens is 332 g/mol. The van der Waals surface area contributed by atoms with Crippen molar-refractivity contribution in [2.24, 2.45) is 0 Å². The van der Waals surface area contributed by atoms with Gasteiger partial charge in [0, 0.05) is 10.6 Å². The van der Waals surface area contributed by atoms with Crippen LogP contribution in [-0.2, 0) is 4.79 Å². The SMILES string of the molecule is CCOc1cccc(C(=O)NNC(=O)COc2ccc(Cl)cc2)c1. The fraction of sp³-hybridized carbons (Fsp3) is 0.176. The van der Waals surface area contributed by atoms with Crippen LogP contribution in [0.3, 0.4) is 0 Å². The number of rotatable bonds is 6. The van der Waals surface area contributed by atoms with E-state index in [0.29, 0.717) is 28.7 Å². The molecule has 0 bridgehead atoms. The summed E-state index contributed by atoms with van der Waals surface area (Å²) in [5, 5.41) is 0.577. The van der Waals surface area contributed by atoms with Crippen LogP contribution in [0.15, 0.2) is 48.5 Å². The minimum Gasteiger partial charge on any atom is -0.494 e. The van der Waals surface area contributed by atoms with Crippen LogP contribution in [0.4, 0.5) is 0 Å². The van der Waals surface area contributed by atoms with Crippen molar-refractivity contribution in [3.8, 4) is 11.5 Å². The van der Waals surface area contributed by atoms with Gasteiger partial charge in [-0.2, -0.15) is 0 Å². The lowest BCUT2D eigenvalue weighted by molar-refractivity contribution is -0.123. The van der Waals surface area contributed by atoms with Crippen LogP contribution in [0.1, 0.15) is 17.3 Å². The Kier molecular flexibility index (Phi) is 6.45. The molecule has 0 heterocycles. The van der Waals surface area contributed by atoms with Crippen molar-refractivity contribution in [2.45, 2.75) is 6.92 Å². The Morgan fingerprint density at radius 3 is 2.46 bits per heavy atom. The van der Waals surface area contributed by atoms with Gasteiger partial charge in [0.25, 0.3) is 11.8 Å². The Morgan fingerprint density at radius 2 is 1.75 bits per heavy atom. The van der Waals surface area contributed by atoms with Gasteiger partial charge in [-0.3, -0.25) is 20.4 Å². The van der Waals surface area contributed by atoms with Crippen molar-refractivity contribution < 1.29 is 19.1 Å². The maximum Gasteiger partial charge on any atom is 0.276 e. The summed E-state index contributed by atoms with van der Waals surface area (Å²) in [6.45, 7) is 2.12. The van der Waals surface area contributed by atoms with Crippen molar-refractivity contribution in [3.63, 3.8) is 0 Å². The number of ether oxygens (including phenoxy) is 2. The van der Waals surface area contributed by atoms with Crippen LogP contribution in [0.5, 0.6) is 11.5 Å². The number of amides is 2. The summed E-state index contributed by atoms with van der Waals surface area (Å²) in [5.74, 6) is 0.156. The monoisotopic (exact) mass is 348 g/mol. The lowest BCUT2D eigenvalue weighted by Gasteiger charge is -2.10. The molecule has 126 valence electrons. The van der Waals surface area contributed by atoms with Gasteiger partial charge in [0.2, 0.25) is 0 Å². The van der Waals surface area contributed by atoms with E-state index in [1.807, 2.05) is 6.92 Å². The molecule has 0 radical (unpaired) electrons. The fourth-order valence-electron chi connectivity index (χ4n) is 1.81. The Morgan fingerprint density at radius 1 is 1.00 bits per heavy atom. The number of carbonyl (C=O) groups is 2. The maximum absolute atomic E-state index is 12.0. The minimum atomic E-state index is -0.487. The summed E-state index contributed by atoms with van der Waals surface area (Å²) >= 11 is 5.76. The van der Waals surface area contributed by atoms with Crippen molar-refractivity contribution in [1.29, 1.82) is 0 Å². The molecule has 2 rings (SSSR count). The molecule has 0 fully saturated rings. The lowest BCUT2D eigenvalue weighted by Crippen LogP contribution is -2.43. The largest absolute Gasteiger partial charge is 0.494 e. The van der Waals surface area contributed by atoms with Crippen LogP contribution >= 0.6 is 11.6 Å². The first-order valence-electron chi connectivity index (χ1n) is 7.29. The van der Waals surface area contributed by atoms with E-state index in [-0.39, 0.29) is 6.61 Å². The predicted octanol–water partition coefficient (Wildman–Crippen LogP) is 2.58. The highest BCUT2D eigenvalue weighted by Crippen LogP contribution is 2.15. The van der Waals surface area contributed by atoms with Gasteiger partial charge in [-0.25, -0.2) is 0 Å². The van der Waals surface area contributed by atoms with E-state index in [9.17, 15) is 9.59 Å². The van der Waals surface area contributed by atoms with E-state index in [2.05, 4.69) is 10.9 Å². The zero-order valence-electron chi connectivity index (χ0n) is 13.0. The number of nitrogens with one attached hydrogen (secondary N) is 2. The predicted molar refractivity (Wildman–Crippen MR) is 90.2 cm³/mol. The quantitative estimate of drug-likeness (QED) is 0.787. The highest BCUT2D eigenvalue weighted by Gasteiger charge is 2.09. The van der Waals surface area contributed by atoms with E-state index in [1.54, 1.807) is 48.5 Å². The van der Waals surface area contributed by atoms with Crippen LogP contribution in [-0.4, -0.2) is 25.0 Å². The van der Waals surface area contributed by atoms with Gasteiger partial charge in [-0.15, -0.1) is 0 Å². The lowest BCUT2D eigenvalue weighted by atomic mass is 10.2. The van der Waals surface area contributed by atoms with E-state index in [0.717, 1.165) is 0 Å². The van der Waals surface area contributed by atoms with E-state index < -0.39 is 11.8 Å². The second-order valence-corrected chi connectivity index (χ2v) is 5.14. The molecule has 0 aliphatic heterocycles. The average Bonchev–Trinajstić information content (AvgIpc) is 2.59. The first-order valence-corrected chi connectivity index (χ1v) is 7.66. The van der Waals surface area contributed by atoms with Crippen molar-refractivity contribution in [2.75, 3.05) is 13.2 Å². The topological polar surface area (TPSA) is 76.7 Å². The molecule has 0 atom stereocenters. The maximum atomic E-state index is 12.0. The third-order valence-corrected chi connectivity index (χ3v) is 3.16. The van der Waals surface area contributed by atoms with Gasteiger partial charge >= 0.3 is 0 Å². The Bertz CT molecular complexity index is 704. The summed E-state index contributed by atoms with van der Waals surface area (Å²) < 4.78 is 10.6. The number of hydrogen-bond acceptors (Lipinski definition) is 4. The fourth-order valence-corrected chi connectivity index (χ4v) is 1.93. The molecular formula is C17H17ClN2O4. The second-order valence-electron chi connectivity index (χ2n) is 4.71. The van der Waals surface area contributed by atoms with Gasteiger partial charge in [-0.05, 0) is 49.4 Å². The molecule has 2 aromatic rings. The third kappa shape index (κ3) is 5.48. The van der Waals surface area contributed by atoms with E-state index >= 15 is 0 Å². The normalized spacial score (nSPS) is 9.92. The second kappa shape index (κ2) is 8.79. The molecule has 0 spiro atoms. The molecule has 0 saturated heterocycles. The van der Waals surface area contributed by atoms with Crippen molar-refractivity contribution >= 4 is 23.4 Å². The van der Waals surface area contributed by atoms with Crippen LogP contribution in [0.2, 0.25) is 5.02 Å². The highest BCUT2D eigenvalue weighted by molar-refractivity contribution is 6.30. The molecule has 0 aliphatic carbocycles. The molecule has 2 aromatic carbocycles. The van der Waals surface area contributed by atoms with Crippen LogP contribution < -0.4 is 20.3 Å². The first-order chi connectivity index (χ1) is 11.6. The molecule has 6 nitrogen and oxygen atoms in total. The number of carbonyl (C=O) groups excluding carboxylic acids is 2. The summed E-state index contributed by atoms with van der Waals surface area (Å²) in [6, 6.07) is 13.3. The first kappa shape index (κ1) is 17.6. The van der Waals surface area contributed by atoms with Crippen LogP contribution in [0, 0.1) is 0 Å². The standard InChI is InChI=1S/C17H17ClN2O4/c1-2-23-15-5-3-4-12(10-15)17(22)20-19-16(21)11-24-14-8-6-13(18)7-9-14/h3-10H,2,11H2,1H3,(H,19,21)(H,20,22). The van der Waals surface area contributed by atoms with Gasteiger partial charge in [-0.1, -0.05) is 17.7 Å². The van der Waals surface area contributed by atoms with Gasteiger partial charge in [0.05, 0.1) is 6.61 Å². The summed E-state index contributed by atoms with van der Waals surface area (Å²) in [7, 11) is 0. The molecule has 0 unspecified atom stereocenters. The van der Waals surface area contributed by atoms with Crippen molar-refractivity contribution in [1.82, 2.24) is 10.9 Å². The summed E-state index contributed by atoms with van der Waals surface area (Å²) in [6.07, 6.45) is 0. The molecule has 0 aliphatic rings. The van der Waals surface area contributed by atoms with E-state index in [1.165, 1.54) is 0 Å². The van der Waals surface area contributed by atoms with Gasteiger partial charge in [0.15, 0.2) is 6.61 Å². The van der Waals surface area contributed by atoms with Crippen LogP contribution in [0.25, 0.3) is 0 Å². The zero-order valence-corrected chi connectivity index (χ0v) is 13.8. The zero-order chi connectivity index (χ0) is 17.4. The summed E-state index contributed by atoms with van der Waals surface area (Å²) in [4.78, 5) is 23.7.